The normalized spacial score (nSPS) is 10.8. The molecule has 0 bridgehead atoms. The summed E-state index contributed by atoms with van der Waals surface area (Å²) in [6.45, 7) is 4.54. The molecule has 0 saturated carbocycles. The van der Waals surface area contributed by atoms with Crippen LogP contribution in [0.25, 0.3) is 16.7 Å². The van der Waals surface area contributed by atoms with E-state index in [1.165, 1.54) is 0 Å². The molecule has 0 atom stereocenters. The highest BCUT2D eigenvalue weighted by Gasteiger charge is 2.16. The van der Waals surface area contributed by atoms with Gasteiger partial charge in [-0.05, 0) is 31.5 Å². The van der Waals surface area contributed by atoms with E-state index in [4.69, 9.17) is 4.74 Å². The van der Waals surface area contributed by atoms with E-state index < -0.39 is 5.97 Å². The van der Waals surface area contributed by atoms with Gasteiger partial charge in [-0.25, -0.2) is 14.8 Å². The number of benzene rings is 1. The summed E-state index contributed by atoms with van der Waals surface area (Å²) in [5, 5.41) is 4.25. The van der Waals surface area contributed by atoms with E-state index in [1.54, 1.807) is 19.3 Å². The van der Waals surface area contributed by atoms with Crippen molar-refractivity contribution in [3.05, 3.63) is 78.1 Å². The van der Waals surface area contributed by atoms with Crippen LogP contribution in [-0.2, 0) is 11.3 Å². The first kappa shape index (κ1) is 18.6. The zero-order valence-electron chi connectivity index (χ0n) is 16.3. The molecule has 0 aliphatic rings. The molecule has 4 rings (SSSR count). The van der Waals surface area contributed by atoms with Gasteiger partial charge in [-0.15, -0.1) is 0 Å². The summed E-state index contributed by atoms with van der Waals surface area (Å²) < 4.78 is 7.12. The largest absolute Gasteiger partial charge is 0.462 e. The number of para-hydroxylation sites is 1. The van der Waals surface area contributed by atoms with Gasteiger partial charge in [-0.3, -0.25) is 9.55 Å². The van der Waals surface area contributed by atoms with Gasteiger partial charge in [0.25, 0.3) is 0 Å². The fraction of sp³-hybridized carbons (Fsp3) is 0.182. The van der Waals surface area contributed by atoms with E-state index in [2.05, 4.69) is 20.3 Å². The predicted molar refractivity (Wildman–Crippen MR) is 111 cm³/mol. The van der Waals surface area contributed by atoms with Crippen molar-refractivity contribution in [1.82, 2.24) is 19.5 Å². The molecule has 1 aromatic carbocycles. The first-order valence-electron chi connectivity index (χ1n) is 9.41. The van der Waals surface area contributed by atoms with Crippen molar-refractivity contribution in [3.8, 4) is 5.82 Å². The topological polar surface area (TPSA) is 81.9 Å². The van der Waals surface area contributed by atoms with Crippen LogP contribution in [0.1, 0.15) is 28.7 Å². The third kappa shape index (κ3) is 3.80. The fourth-order valence-electron chi connectivity index (χ4n) is 3.17. The van der Waals surface area contributed by atoms with Crippen molar-refractivity contribution in [2.75, 3.05) is 11.9 Å². The molecular formula is C22H21N5O2. The van der Waals surface area contributed by atoms with Crippen LogP contribution >= 0.6 is 0 Å². The lowest BCUT2D eigenvalue weighted by Crippen LogP contribution is -2.11. The third-order valence-corrected chi connectivity index (χ3v) is 4.62. The zero-order chi connectivity index (χ0) is 20.2. The Labute approximate surface area is 168 Å². The molecule has 0 aliphatic carbocycles. The van der Waals surface area contributed by atoms with Crippen molar-refractivity contribution in [2.24, 2.45) is 0 Å². The first-order valence-corrected chi connectivity index (χ1v) is 9.41. The minimum atomic E-state index is -0.391. The van der Waals surface area contributed by atoms with Gasteiger partial charge in [-0.1, -0.05) is 24.3 Å². The summed E-state index contributed by atoms with van der Waals surface area (Å²) in [7, 11) is 0. The number of anilines is 1. The van der Waals surface area contributed by atoms with Gasteiger partial charge in [0.05, 0.1) is 17.8 Å². The number of hydrogen-bond donors (Lipinski definition) is 1. The number of ether oxygens (including phenoxy) is 1. The number of nitrogens with zero attached hydrogens (tertiary/aromatic N) is 4. The van der Waals surface area contributed by atoms with Gasteiger partial charge in [0.15, 0.2) is 0 Å². The standard InChI is InChI=1S/C22H21N5O2/c1-3-29-22(28)18-14-24-19-7-5-4-6-17(19)21(18)26-13-16-8-9-20(25-12-16)27-11-10-23-15(27)2/h4-12,14H,3,13H2,1-2H3,(H,24,26). The van der Waals surface area contributed by atoms with E-state index in [0.29, 0.717) is 24.4 Å². The van der Waals surface area contributed by atoms with Crippen LogP contribution in [0.15, 0.2) is 61.2 Å². The van der Waals surface area contributed by atoms with Gasteiger partial charge >= 0.3 is 5.97 Å². The highest BCUT2D eigenvalue weighted by atomic mass is 16.5. The highest BCUT2D eigenvalue weighted by Crippen LogP contribution is 2.27. The average molecular weight is 387 g/mol. The maximum Gasteiger partial charge on any atom is 0.341 e. The number of pyridine rings is 2. The SMILES string of the molecule is CCOC(=O)c1cnc2ccccc2c1NCc1ccc(-n2ccnc2C)nc1. The van der Waals surface area contributed by atoms with E-state index in [9.17, 15) is 4.79 Å². The molecule has 1 N–H and O–H groups in total. The Kier molecular flexibility index (Phi) is 5.20. The second-order valence-corrected chi connectivity index (χ2v) is 6.51. The molecule has 29 heavy (non-hydrogen) atoms. The quantitative estimate of drug-likeness (QED) is 0.505. The number of esters is 1. The van der Waals surface area contributed by atoms with E-state index in [-0.39, 0.29) is 0 Å². The molecule has 7 heteroatoms. The molecule has 0 radical (unpaired) electrons. The van der Waals surface area contributed by atoms with Gasteiger partial charge in [-0.2, -0.15) is 0 Å². The predicted octanol–water partition coefficient (Wildman–Crippen LogP) is 3.91. The number of hydrogen-bond acceptors (Lipinski definition) is 6. The minimum Gasteiger partial charge on any atom is -0.462 e. The Bertz CT molecular complexity index is 1150. The van der Waals surface area contributed by atoms with Crippen LogP contribution in [0.2, 0.25) is 0 Å². The van der Waals surface area contributed by atoms with Crippen LogP contribution in [0, 0.1) is 6.92 Å². The lowest BCUT2D eigenvalue weighted by Gasteiger charge is -2.14. The van der Waals surface area contributed by atoms with E-state index in [1.807, 2.05) is 60.3 Å². The van der Waals surface area contributed by atoms with E-state index >= 15 is 0 Å². The first-order chi connectivity index (χ1) is 14.2. The summed E-state index contributed by atoms with van der Waals surface area (Å²) in [6, 6.07) is 11.7. The molecule has 0 unspecified atom stereocenters. The van der Waals surface area contributed by atoms with Crippen LogP contribution in [0.5, 0.6) is 0 Å². The van der Waals surface area contributed by atoms with Crippen LogP contribution in [0.4, 0.5) is 5.69 Å². The molecule has 4 aromatic rings. The number of rotatable bonds is 6. The summed E-state index contributed by atoms with van der Waals surface area (Å²) in [4.78, 5) is 25.5. The highest BCUT2D eigenvalue weighted by molar-refractivity contribution is 6.04. The molecule has 3 aromatic heterocycles. The van der Waals surface area contributed by atoms with Crippen LogP contribution < -0.4 is 5.32 Å². The number of carbonyl (C=O) groups excluding carboxylic acids is 1. The molecule has 7 nitrogen and oxygen atoms in total. The maximum atomic E-state index is 12.4. The van der Waals surface area contributed by atoms with Crippen LogP contribution in [-0.4, -0.2) is 32.1 Å². The number of fused-ring (bicyclic) bond motifs is 1. The van der Waals surface area contributed by atoms with Gasteiger partial charge in [0, 0.05) is 36.7 Å². The summed E-state index contributed by atoms with van der Waals surface area (Å²) in [6.07, 6.45) is 7.00. The Balaban J connectivity index is 1.61. The summed E-state index contributed by atoms with van der Waals surface area (Å²) in [5.74, 6) is 1.30. The van der Waals surface area contributed by atoms with Crippen molar-refractivity contribution in [2.45, 2.75) is 20.4 Å². The minimum absolute atomic E-state index is 0.310. The lowest BCUT2D eigenvalue weighted by molar-refractivity contribution is 0.0527. The van der Waals surface area contributed by atoms with Crippen molar-refractivity contribution >= 4 is 22.6 Å². The monoisotopic (exact) mass is 387 g/mol. The van der Waals surface area contributed by atoms with Crippen molar-refractivity contribution < 1.29 is 9.53 Å². The van der Waals surface area contributed by atoms with Crippen LogP contribution in [0.3, 0.4) is 0 Å². The second-order valence-electron chi connectivity index (χ2n) is 6.51. The molecular weight excluding hydrogens is 366 g/mol. The lowest BCUT2D eigenvalue weighted by atomic mass is 10.1. The van der Waals surface area contributed by atoms with E-state index in [0.717, 1.165) is 28.1 Å². The van der Waals surface area contributed by atoms with Gasteiger partial charge < -0.3 is 10.1 Å². The molecule has 0 amide bonds. The van der Waals surface area contributed by atoms with Gasteiger partial charge in [0.1, 0.15) is 17.2 Å². The average Bonchev–Trinajstić information content (AvgIpc) is 3.18. The second kappa shape index (κ2) is 8.10. The van der Waals surface area contributed by atoms with Crippen molar-refractivity contribution in [3.63, 3.8) is 0 Å². The Morgan fingerprint density at radius 3 is 2.69 bits per heavy atom. The fourth-order valence-corrected chi connectivity index (χ4v) is 3.17. The smallest absolute Gasteiger partial charge is 0.341 e. The van der Waals surface area contributed by atoms with Crippen molar-refractivity contribution in [1.29, 1.82) is 0 Å². The third-order valence-electron chi connectivity index (χ3n) is 4.62. The molecule has 0 saturated heterocycles. The summed E-state index contributed by atoms with van der Waals surface area (Å²) in [5.41, 5.74) is 2.93. The molecule has 3 heterocycles. The maximum absolute atomic E-state index is 12.4. The number of aromatic nitrogens is 4. The summed E-state index contributed by atoms with van der Waals surface area (Å²) >= 11 is 0. The van der Waals surface area contributed by atoms with Gasteiger partial charge in [0.2, 0.25) is 0 Å². The number of aryl methyl sites for hydroxylation is 1. The Morgan fingerprint density at radius 1 is 1.10 bits per heavy atom. The Morgan fingerprint density at radius 2 is 1.97 bits per heavy atom. The Hall–Kier alpha value is -3.74. The number of carbonyl (C=O) groups is 1. The zero-order valence-corrected chi connectivity index (χ0v) is 16.3. The number of imidazole rings is 1. The number of nitrogens with one attached hydrogen (secondary N) is 1. The molecule has 0 fully saturated rings. The molecule has 0 aliphatic heterocycles. The molecule has 146 valence electrons. The molecule has 0 spiro atoms.